The molecule has 0 amide bonds. The van der Waals surface area contributed by atoms with E-state index in [4.69, 9.17) is 4.74 Å². The summed E-state index contributed by atoms with van der Waals surface area (Å²) in [5.41, 5.74) is 0. The van der Waals surface area contributed by atoms with Crippen LogP contribution in [0, 0.1) is 5.92 Å². The fraction of sp³-hybridized carbons (Fsp3) is 1.00. The molecular weight excluding hydrogens is 186 g/mol. The Balaban J connectivity index is 2.21. The maximum atomic E-state index is 5.28. The molecule has 1 rings (SSSR count). The second-order valence-electron chi connectivity index (χ2n) is 4.85. The van der Waals surface area contributed by atoms with E-state index in [0.29, 0.717) is 6.04 Å². The first-order valence-electron chi connectivity index (χ1n) is 6.59. The molecule has 0 aliphatic heterocycles. The molecule has 2 heteroatoms. The molecule has 15 heavy (non-hydrogen) atoms. The Morgan fingerprint density at radius 1 is 1.27 bits per heavy atom. The van der Waals surface area contributed by atoms with Crippen LogP contribution in [-0.4, -0.2) is 26.3 Å². The molecule has 0 aromatic carbocycles. The Labute approximate surface area is 94.8 Å². The summed E-state index contributed by atoms with van der Waals surface area (Å²) < 4.78 is 5.28. The highest BCUT2D eigenvalue weighted by Gasteiger charge is 2.18. The predicted molar refractivity (Wildman–Crippen MR) is 65.1 cm³/mol. The van der Waals surface area contributed by atoms with Gasteiger partial charge in [0.2, 0.25) is 0 Å². The Kier molecular flexibility index (Phi) is 7.03. The van der Waals surface area contributed by atoms with Crippen molar-refractivity contribution in [3.8, 4) is 0 Å². The molecule has 1 atom stereocenters. The fourth-order valence-electron chi connectivity index (χ4n) is 2.59. The quantitative estimate of drug-likeness (QED) is 0.702. The van der Waals surface area contributed by atoms with Gasteiger partial charge in [0.05, 0.1) is 6.61 Å². The minimum absolute atomic E-state index is 0.582. The SMILES string of the molecule is CCCNC(COC)CC1CCCCC1. The van der Waals surface area contributed by atoms with Crippen LogP contribution >= 0.6 is 0 Å². The number of nitrogens with one attached hydrogen (secondary N) is 1. The third-order valence-corrected chi connectivity index (χ3v) is 3.39. The van der Waals surface area contributed by atoms with Gasteiger partial charge in [-0.1, -0.05) is 39.0 Å². The van der Waals surface area contributed by atoms with Gasteiger partial charge < -0.3 is 10.1 Å². The molecule has 1 N–H and O–H groups in total. The van der Waals surface area contributed by atoms with Crippen molar-refractivity contribution < 1.29 is 4.74 Å². The summed E-state index contributed by atoms with van der Waals surface area (Å²) in [4.78, 5) is 0. The van der Waals surface area contributed by atoms with E-state index in [1.165, 1.54) is 44.9 Å². The summed E-state index contributed by atoms with van der Waals surface area (Å²) in [5, 5.41) is 3.59. The summed E-state index contributed by atoms with van der Waals surface area (Å²) in [6.45, 7) is 4.22. The lowest BCUT2D eigenvalue weighted by atomic mass is 9.85. The number of rotatable bonds is 7. The van der Waals surface area contributed by atoms with E-state index >= 15 is 0 Å². The van der Waals surface area contributed by atoms with Crippen molar-refractivity contribution >= 4 is 0 Å². The van der Waals surface area contributed by atoms with Crippen LogP contribution in [0.3, 0.4) is 0 Å². The summed E-state index contributed by atoms with van der Waals surface area (Å²) in [5.74, 6) is 0.947. The van der Waals surface area contributed by atoms with Gasteiger partial charge in [0.25, 0.3) is 0 Å². The van der Waals surface area contributed by atoms with Crippen molar-refractivity contribution in [1.29, 1.82) is 0 Å². The standard InChI is InChI=1S/C13H27NO/c1-3-9-14-13(11-15-2)10-12-7-5-4-6-8-12/h12-14H,3-11H2,1-2H3. The molecule has 0 saturated heterocycles. The first-order valence-corrected chi connectivity index (χ1v) is 6.59. The van der Waals surface area contributed by atoms with Gasteiger partial charge in [-0.05, 0) is 25.3 Å². The monoisotopic (exact) mass is 213 g/mol. The fourth-order valence-corrected chi connectivity index (χ4v) is 2.59. The van der Waals surface area contributed by atoms with E-state index in [1.54, 1.807) is 0 Å². The van der Waals surface area contributed by atoms with Crippen LogP contribution in [0.1, 0.15) is 51.9 Å². The van der Waals surface area contributed by atoms with Gasteiger partial charge in [-0.3, -0.25) is 0 Å². The van der Waals surface area contributed by atoms with Gasteiger partial charge in [0, 0.05) is 13.2 Å². The molecule has 90 valence electrons. The third-order valence-electron chi connectivity index (χ3n) is 3.39. The smallest absolute Gasteiger partial charge is 0.0615 e. The van der Waals surface area contributed by atoms with Gasteiger partial charge in [-0.2, -0.15) is 0 Å². The minimum atomic E-state index is 0.582. The van der Waals surface area contributed by atoms with Gasteiger partial charge >= 0.3 is 0 Å². The minimum Gasteiger partial charge on any atom is -0.383 e. The highest BCUT2D eigenvalue weighted by molar-refractivity contribution is 4.74. The summed E-state index contributed by atoms with van der Waals surface area (Å²) >= 11 is 0. The lowest BCUT2D eigenvalue weighted by Crippen LogP contribution is -2.36. The number of hydrogen-bond acceptors (Lipinski definition) is 2. The zero-order valence-electron chi connectivity index (χ0n) is 10.4. The topological polar surface area (TPSA) is 21.3 Å². The van der Waals surface area contributed by atoms with Crippen molar-refractivity contribution in [3.05, 3.63) is 0 Å². The largest absolute Gasteiger partial charge is 0.383 e. The molecule has 2 nitrogen and oxygen atoms in total. The Bertz CT molecular complexity index is 143. The van der Waals surface area contributed by atoms with Gasteiger partial charge in [-0.15, -0.1) is 0 Å². The second kappa shape index (κ2) is 8.12. The number of ether oxygens (including phenoxy) is 1. The van der Waals surface area contributed by atoms with E-state index in [1.807, 2.05) is 7.11 Å². The van der Waals surface area contributed by atoms with Crippen molar-refractivity contribution in [3.63, 3.8) is 0 Å². The highest BCUT2D eigenvalue weighted by atomic mass is 16.5. The maximum absolute atomic E-state index is 5.28. The normalized spacial score (nSPS) is 20.4. The molecule has 1 saturated carbocycles. The van der Waals surface area contributed by atoms with Crippen LogP contribution in [-0.2, 0) is 4.74 Å². The number of methoxy groups -OCH3 is 1. The van der Waals surface area contributed by atoms with Crippen LogP contribution < -0.4 is 5.32 Å². The van der Waals surface area contributed by atoms with E-state index in [0.717, 1.165) is 19.1 Å². The molecule has 1 aliphatic rings. The van der Waals surface area contributed by atoms with Gasteiger partial charge in [-0.25, -0.2) is 0 Å². The zero-order valence-corrected chi connectivity index (χ0v) is 10.4. The Hall–Kier alpha value is -0.0800. The third kappa shape index (κ3) is 5.53. The molecule has 1 fully saturated rings. The van der Waals surface area contributed by atoms with Crippen LogP contribution in [0.2, 0.25) is 0 Å². The van der Waals surface area contributed by atoms with E-state index in [2.05, 4.69) is 12.2 Å². The Morgan fingerprint density at radius 2 is 2.00 bits per heavy atom. The molecular formula is C13H27NO. The van der Waals surface area contributed by atoms with E-state index in [-0.39, 0.29) is 0 Å². The van der Waals surface area contributed by atoms with Crippen LogP contribution in [0.4, 0.5) is 0 Å². The van der Waals surface area contributed by atoms with Crippen LogP contribution in [0.15, 0.2) is 0 Å². The zero-order chi connectivity index (χ0) is 10.9. The molecule has 0 spiro atoms. The number of hydrogen-bond donors (Lipinski definition) is 1. The lowest BCUT2D eigenvalue weighted by Gasteiger charge is -2.26. The average molecular weight is 213 g/mol. The van der Waals surface area contributed by atoms with Crippen molar-refractivity contribution in [2.24, 2.45) is 5.92 Å². The van der Waals surface area contributed by atoms with E-state index in [9.17, 15) is 0 Å². The molecule has 0 aromatic heterocycles. The molecule has 0 heterocycles. The highest BCUT2D eigenvalue weighted by Crippen LogP contribution is 2.27. The van der Waals surface area contributed by atoms with E-state index < -0.39 is 0 Å². The summed E-state index contributed by atoms with van der Waals surface area (Å²) in [6, 6.07) is 0.582. The average Bonchev–Trinajstić information content (AvgIpc) is 2.28. The first-order chi connectivity index (χ1) is 7.36. The van der Waals surface area contributed by atoms with Crippen molar-refractivity contribution in [1.82, 2.24) is 5.32 Å². The van der Waals surface area contributed by atoms with Gasteiger partial charge in [0.15, 0.2) is 0 Å². The molecule has 1 aliphatic carbocycles. The molecule has 0 bridgehead atoms. The van der Waals surface area contributed by atoms with Crippen molar-refractivity contribution in [2.75, 3.05) is 20.3 Å². The van der Waals surface area contributed by atoms with Crippen LogP contribution in [0.25, 0.3) is 0 Å². The van der Waals surface area contributed by atoms with Gasteiger partial charge in [0.1, 0.15) is 0 Å². The van der Waals surface area contributed by atoms with Crippen LogP contribution in [0.5, 0.6) is 0 Å². The summed E-state index contributed by atoms with van der Waals surface area (Å²) in [7, 11) is 1.81. The lowest BCUT2D eigenvalue weighted by molar-refractivity contribution is 0.148. The maximum Gasteiger partial charge on any atom is 0.0615 e. The summed E-state index contributed by atoms with van der Waals surface area (Å²) in [6.07, 6.45) is 9.74. The second-order valence-corrected chi connectivity index (χ2v) is 4.85. The molecule has 0 radical (unpaired) electrons. The molecule has 0 aromatic rings. The predicted octanol–water partition coefficient (Wildman–Crippen LogP) is 2.97. The first kappa shape index (κ1) is 13.0. The van der Waals surface area contributed by atoms with Crippen molar-refractivity contribution in [2.45, 2.75) is 57.9 Å². The Morgan fingerprint density at radius 3 is 2.60 bits per heavy atom. The molecule has 1 unspecified atom stereocenters.